The second-order valence-corrected chi connectivity index (χ2v) is 6.55. The van der Waals surface area contributed by atoms with Crippen LogP contribution in [0.1, 0.15) is 31.5 Å². The number of nitrogens with zero attached hydrogens (tertiary/aromatic N) is 3. The fourth-order valence-electron chi connectivity index (χ4n) is 3.85. The molecule has 0 bridgehead atoms. The zero-order valence-corrected chi connectivity index (χ0v) is 13.6. The number of amides is 1. The van der Waals surface area contributed by atoms with Gasteiger partial charge in [-0.15, -0.1) is 0 Å². The van der Waals surface area contributed by atoms with Crippen LogP contribution in [-0.2, 0) is 10.3 Å². The minimum absolute atomic E-state index is 0.498. The lowest BCUT2D eigenvalue weighted by Gasteiger charge is -2.52. The molecule has 2 unspecified atom stereocenters. The molecule has 4 N–H and O–H groups in total. The number of nitrogens with two attached hydrogens (primary N) is 2. The first-order valence-electron chi connectivity index (χ1n) is 7.90. The van der Waals surface area contributed by atoms with E-state index in [9.17, 15) is 4.79 Å². The summed E-state index contributed by atoms with van der Waals surface area (Å²) in [6.45, 7) is 0. The molecule has 0 aliphatic heterocycles. The number of carbonyl (C=O) groups is 1. The Morgan fingerprint density at radius 3 is 2.61 bits per heavy atom. The molecule has 1 amide bonds. The minimum Gasteiger partial charge on any atom is -0.368 e. The van der Waals surface area contributed by atoms with Crippen LogP contribution in [0.2, 0.25) is 0 Å². The number of benzene rings is 1. The predicted molar refractivity (Wildman–Crippen MR) is 89.5 cm³/mol. The Bertz CT molecular complexity index is 747. The molecule has 0 spiro atoms. The molecular weight excluding hydrogens is 290 g/mol. The van der Waals surface area contributed by atoms with E-state index in [1.54, 1.807) is 6.20 Å². The van der Waals surface area contributed by atoms with Crippen LogP contribution in [0.15, 0.2) is 30.5 Å². The molecule has 1 fully saturated rings. The molecule has 6 heteroatoms. The third-order valence-electron chi connectivity index (χ3n) is 5.16. The van der Waals surface area contributed by atoms with Crippen LogP contribution in [0.3, 0.4) is 0 Å². The smallest absolute Gasteiger partial charge is 0.239 e. The van der Waals surface area contributed by atoms with Crippen LogP contribution in [0.25, 0.3) is 10.9 Å². The highest BCUT2D eigenvalue weighted by Crippen LogP contribution is 2.45. The number of likely N-dealkylation sites (N-methyl/N-ethyl adjacent to an activating group) is 1. The predicted octanol–water partition coefficient (Wildman–Crippen LogP) is 1.14. The van der Waals surface area contributed by atoms with E-state index in [1.807, 2.05) is 43.3 Å². The van der Waals surface area contributed by atoms with Crippen LogP contribution >= 0.6 is 0 Å². The van der Waals surface area contributed by atoms with Crippen molar-refractivity contribution < 1.29 is 4.79 Å². The van der Waals surface area contributed by atoms with Gasteiger partial charge in [0.25, 0.3) is 0 Å². The second-order valence-electron chi connectivity index (χ2n) is 6.55. The molecule has 1 saturated carbocycles. The lowest BCUT2D eigenvalue weighted by molar-refractivity contribution is -0.132. The van der Waals surface area contributed by atoms with Crippen molar-refractivity contribution in [3.05, 3.63) is 36.3 Å². The molecule has 0 radical (unpaired) electrons. The molecule has 23 heavy (non-hydrogen) atoms. The van der Waals surface area contributed by atoms with Crippen LogP contribution in [0.4, 0.5) is 0 Å². The quantitative estimate of drug-likeness (QED) is 0.885. The van der Waals surface area contributed by atoms with Crippen LogP contribution < -0.4 is 11.5 Å². The fourth-order valence-corrected chi connectivity index (χ4v) is 3.85. The average Bonchev–Trinajstić information content (AvgIpc) is 2.54. The van der Waals surface area contributed by atoms with Crippen molar-refractivity contribution in [1.82, 2.24) is 14.9 Å². The minimum atomic E-state index is -1.18. The van der Waals surface area contributed by atoms with E-state index in [0.717, 1.165) is 23.7 Å². The maximum absolute atomic E-state index is 12.2. The molecule has 1 heterocycles. The average molecular weight is 313 g/mol. The molecule has 122 valence electrons. The van der Waals surface area contributed by atoms with E-state index in [0.29, 0.717) is 18.7 Å². The van der Waals surface area contributed by atoms with E-state index in [1.165, 1.54) is 0 Å². The second kappa shape index (κ2) is 5.54. The summed E-state index contributed by atoms with van der Waals surface area (Å²) in [5.74, 6) is 0.0739. The topological polar surface area (TPSA) is 98.1 Å². The molecule has 1 aromatic carbocycles. The van der Waals surface area contributed by atoms with Gasteiger partial charge in [0.05, 0.1) is 5.52 Å². The van der Waals surface area contributed by atoms with Crippen LogP contribution in [0.5, 0.6) is 0 Å². The summed E-state index contributed by atoms with van der Waals surface area (Å²) in [5, 5.41) is 0.961. The largest absolute Gasteiger partial charge is 0.368 e. The standard InChI is InChI=1S/C17H23N5O/c1-22(2)17(10-6-5-9-16(17,19)14(18)23)15-20-11-12-7-3-4-8-13(12)21-15/h3-4,7-8,11H,5-6,9-10,19H2,1-2H3,(H2,18,23). The van der Waals surface area contributed by atoms with Crippen LogP contribution in [-0.4, -0.2) is 40.4 Å². The zero-order valence-electron chi connectivity index (χ0n) is 13.6. The number of hydrogen-bond acceptors (Lipinski definition) is 5. The molecule has 1 aliphatic carbocycles. The SMILES string of the molecule is CN(C)C1(c2ncc3ccccc3n2)CCCCC1(N)C(N)=O. The third kappa shape index (κ3) is 2.21. The lowest BCUT2D eigenvalue weighted by atomic mass is 9.65. The Hall–Kier alpha value is -2.05. The Balaban J connectivity index is 2.24. The van der Waals surface area contributed by atoms with Crippen molar-refractivity contribution in [2.24, 2.45) is 11.5 Å². The van der Waals surface area contributed by atoms with Crippen molar-refractivity contribution in [1.29, 1.82) is 0 Å². The fraction of sp³-hybridized carbons (Fsp3) is 0.471. The summed E-state index contributed by atoms with van der Waals surface area (Å²) in [6.07, 6.45) is 4.87. The number of fused-ring (bicyclic) bond motifs is 1. The van der Waals surface area contributed by atoms with Gasteiger partial charge in [-0.25, -0.2) is 9.97 Å². The lowest BCUT2D eigenvalue weighted by Crippen LogP contribution is -2.72. The van der Waals surface area contributed by atoms with E-state index in [-0.39, 0.29) is 0 Å². The monoisotopic (exact) mass is 313 g/mol. The first-order chi connectivity index (χ1) is 10.9. The van der Waals surface area contributed by atoms with Gasteiger partial charge in [-0.1, -0.05) is 31.0 Å². The van der Waals surface area contributed by atoms with Crippen molar-refractivity contribution in [2.45, 2.75) is 36.8 Å². The zero-order chi connectivity index (χ0) is 16.7. The molecule has 2 atom stereocenters. The van der Waals surface area contributed by atoms with E-state index in [4.69, 9.17) is 16.5 Å². The maximum atomic E-state index is 12.2. The van der Waals surface area contributed by atoms with Gasteiger partial charge in [-0.05, 0) is 33.0 Å². The summed E-state index contributed by atoms with van der Waals surface area (Å²) < 4.78 is 0. The van der Waals surface area contributed by atoms with Gasteiger partial charge in [-0.3, -0.25) is 9.69 Å². The highest BCUT2D eigenvalue weighted by molar-refractivity contribution is 5.87. The first-order valence-corrected chi connectivity index (χ1v) is 7.90. The van der Waals surface area contributed by atoms with Gasteiger partial charge in [0.2, 0.25) is 5.91 Å². The van der Waals surface area contributed by atoms with Gasteiger partial charge in [0, 0.05) is 11.6 Å². The third-order valence-corrected chi connectivity index (χ3v) is 5.16. The number of para-hydroxylation sites is 1. The van der Waals surface area contributed by atoms with E-state index in [2.05, 4.69) is 4.98 Å². The van der Waals surface area contributed by atoms with Gasteiger partial charge in [0.1, 0.15) is 11.1 Å². The molecule has 1 aliphatic rings. The van der Waals surface area contributed by atoms with E-state index >= 15 is 0 Å². The van der Waals surface area contributed by atoms with Crippen LogP contribution in [0, 0.1) is 0 Å². The summed E-state index contributed by atoms with van der Waals surface area (Å²) >= 11 is 0. The normalized spacial score (nSPS) is 28.2. The van der Waals surface area contributed by atoms with Crippen molar-refractivity contribution in [3.8, 4) is 0 Å². The molecule has 1 aromatic heterocycles. The highest BCUT2D eigenvalue weighted by atomic mass is 16.1. The van der Waals surface area contributed by atoms with Gasteiger partial charge >= 0.3 is 0 Å². The van der Waals surface area contributed by atoms with Gasteiger partial charge in [0.15, 0.2) is 5.82 Å². The Kier molecular flexibility index (Phi) is 3.82. The summed E-state index contributed by atoms with van der Waals surface area (Å²) in [7, 11) is 3.82. The Morgan fingerprint density at radius 2 is 1.91 bits per heavy atom. The van der Waals surface area contributed by atoms with Crippen molar-refractivity contribution >= 4 is 16.8 Å². The summed E-state index contributed by atoms with van der Waals surface area (Å²) in [4.78, 5) is 23.5. The number of rotatable bonds is 3. The number of primary amides is 1. The Morgan fingerprint density at radius 1 is 1.22 bits per heavy atom. The van der Waals surface area contributed by atoms with Gasteiger partial charge in [-0.2, -0.15) is 0 Å². The summed E-state index contributed by atoms with van der Waals surface area (Å²) in [5.41, 5.74) is 11.2. The molecular formula is C17H23N5O. The maximum Gasteiger partial charge on any atom is 0.239 e. The molecule has 0 saturated heterocycles. The van der Waals surface area contributed by atoms with Crippen molar-refractivity contribution in [3.63, 3.8) is 0 Å². The number of hydrogen-bond donors (Lipinski definition) is 2. The van der Waals surface area contributed by atoms with E-state index < -0.39 is 17.0 Å². The molecule has 2 aromatic rings. The molecule has 3 rings (SSSR count). The Labute approximate surface area is 135 Å². The highest BCUT2D eigenvalue weighted by Gasteiger charge is 2.58. The number of carbonyl (C=O) groups excluding carboxylic acids is 1. The number of aromatic nitrogens is 2. The van der Waals surface area contributed by atoms with Crippen molar-refractivity contribution in [2.75, 3.05) is 14.1 Å². The first kappa shape index (κ1) is 15.8. The summed E-state index contributed by atoms with van der Waals surface area (Å²) in [6, 6.07) is 7.79. The molecule has 6 nitrogen and oxygen atoms in total. The van der Waals surface area contributed by atoms with Gasteiger partial charge < -0.3 is 11.5 Å².